The minimum atomic E-state index is -0.991. The first-order valence-electron chi connectivity index (χ1n) is 6.37. The lowest BCUT2D eigenvalue weighted by Crippen LogP contribution is -2.41. The third-order valence-electron chi connectivity index (χ3n) is 3.22. The highest BCUT2D eigenvalue weighted by molar-refractivity contribution is 5.97. The molecule has 20 heavy (non-hydrogen) atoms. The third kappa shape index (κ3) is 3.16. The molecule has 0 spiro atoms. The number of hydrogen-bond donors (Lipinski definition) is 1. The van der Waals surface area contributed by atoms with E-state index in [1.807, 2.05) is 24.3 Å². The molecule has 0 unspecified atom stereocenters. The Morgan fingerprint density at radius 1 is 1.35 bits per heavy atom. The molecular weight excluding hydrogens is 256 g/mol. The van der Waals surface area contributed by atoms with E-state index in [9.17, 15) is 9.59 Å². The Hall–Kier alpha value is -2.32. The fourth-order valence-corrected chi connectivity index (χ4v) is 2.36. The molecule has 5 nitrogen and oxygen atoms in total. The molecule has 104 valence electrons. The number of fused-ring (bicyclic) bond motifs is 1. The number of carbonyl (C=O) groups is 2. The maximum absolute atomic E-state index is 12.3. The van der Waals surface area contributed by atoms with Crippen molar-refractivity contribution in [2.75, 3.05) is 31.1 Å². The predicted molar refractivity (Wildman–Crippen MR) is 75.4 cm³/mol. The molecule has 1 aliphatic heterocycles. The van der Waals surface area contributed by atoms with Crippen LogP contribution in [-0.2, 0) is 16.0 Å². The molecular formula is C15H16N2O3. The molecule has 2 rings (SSSR count). The summed E-state index contributed by atoms with van der Waals surface area (Å²) in [5.74, 6) is 1.27. The summed E-state index contributed by atoms with van der Waals surface area (Å²) >= 11 is 0. The number of nitrogens with zero attached hydrogens (tertiary/aromatic N) is 2. The topological polar surface area (TPSA) is 60.9 Å². The van der Waals surface area contributed by atoms with E-state index >= 15 is 0 Å². The normalized spacial score (nSPS) is 13.1. The maximum atomic E-state index is 12.3. The van der Waals surface area contributed by atoms with Crippen LogP contribution in [0, 0.1) is 12.3 Å². The zero-order valence-corrected chi connectivity index (χ0v) is 11.1. The van der Waals surface area contributed by atoms with E-state index in [2.05, 4.69) is 5.92 Å². The number of para-hydroxylation sites is 1. The summed E-state index contributed by atoms with van der Waals surface area (Å²) in [6.07, 6.45) is 6.03. The summed E-state index contributed by atoms with van der Waals surface area (Å²) in [5, 5.41) is 8.81. The van der Waals surface area contributed by atoms with E-state index in [1.54, 1.807) is 4.90 Å². The van der Waals surface area contributed by atoms with Crippen molar-refractivity contribution in [3.05, 3.63) is 29.8 Å². The van der Waals surface area contributed by atoms with Gasteiger partial charge in [0.05, 0.1) is 19.6 Å². The van der Waals surface area contributed by atoms with Gasteiger partial charge in [-0.2, -0.15) is 0 Å². The number of carboxylic acids is 1. The van der Waals surface area contributed by atoms with Crippen LogP contribution in [0.4, 0.5) is 5.69 Å². The van der Waals surface area contributed by atoms with Crippen molar-refractivity contribution >= 4 is 17.6 Å². The van der Waals surface area contributed by atoms with Crippen molar-refractivity contribution in [1.82, 2.24) is 4.90 Å². The van der Waals surface area contributed by atoms with Gasteiger partial charge in [0, 0.05) is 12.2 Å². The first-order chi connectivity index (χ1) is 9.61. The Morgan fingerprint density at radius 2 is 2.10 bits per heavy atom. The predicted octanol–water partition coefficient (Wildman–Crippen LogP) is 0.596. The fourth-order valence-electron chi connectivity index (χ4n) is 2.36. The van der Waals surface area contributed by atoms with Crippen molar-refractivity contribution < 1.29 is 14.7 Å². The van der Waals surface area contributed by atoms with E-state index in [4.69, 9.17) is 11.5 Å². The second kappa shape index (κ2) is 6.22. The number of carbonyl (C=O) groups excluding carboxylic acids is 1. The summed E-state index contributed by atoms with van der Waals surface area (Å²) in [7, 11) is 0. The summed E-state index contributed by atoms with van der Waals surface area (Å²) < 4.78 is 0. The van der Waals surface area contributed by atoms with Gasteiger partial charge in [-0.25, -0.2) is 0 Å². The Balaban J connectivity index is 2.05. The second-order valence-electron chi connectivity index (χ2n) is 4.67. The first-order valence-corrected chi connectivity index (χ1v) is 6.37. The number of rotatable bonds is 5. The standard InChI is InChI=1S/C15H16N2O3/c1-2-8-16(11-15(19)20)10-14(18)17-9-7-12-5-3-4-6-13(12)17/h1,3-6H,7-11H2,(H,19,20). The van der Waals surface area contributed by atoms with Crippen LogP contribution in [-0.4, -0.2) is 48.1 Å². The van der Waals surface area contributed by atoms with E-state index in [0.717, 1.165) is 17.7 Å². The molecule has 1 aromatic rings. The van der Waals surface area contributed by atoms with E-state index in [-0.39, 0.29) is 25.5 Å². The summed E-state index contributed by atoms with van der Waals surface area (Å²) in [6.45, 7) is 0.568. The highest BCUT2D eigenvalue weighted by atomic mass is 16.4. The minimum Gasteiger partial charge on any atom is -0.480 e. The van der Waals surface area contributed by atoms with Gasteiger partial charge in [0.2, 0.25) is 5.91 Å². The molecule has 0 aromatic heterocycles. The van der Waals surface area contributed by atoms with Gasteiger partial charge in [-0.3, -0.25) is 14.5 Å². The van der Waals surface area contributed by atoms with Gasteiger partial charge in [0.15, 0.2) is 0 Å². The number of amides is 1. The summed E-state index contributed by atoms with van der Waals surface area (Å²) in [5.41, 5.74) is 2.05. The zero-order chi connectivity index (χ0) is 14.5. The van der Waals surface area contributed by atoms with Crippen LogP contribution in [0.5, 0.6) is 0 Å². The van der Waals surface area contributed by atoms with Crippen molar-refractivity contribution in [2.24, 2.45) is 0 Å². The highest BCUT2D eigenvalue weighted by Crippen LogP contribution is 2.27. The van der Waals surface area contributed by atoms with E-state index in [0.29, 0.717) is 6.54 Å². The van der Waals surface area contributed by atoms with Crippen LogP contribution < -0.4 is 4.90 Å². The van der Waals surface area contributed by atoms with Gasteiger partial charge in [-0.05, 0) is 18.1 Å². The Kier molecular flexibility index (Phi) is 4.38. The van der Waals surface area contributed by atoms with Gasteiger partial charge in [-0.15, -0.1) is 6.42 Å². The van der Waals surface area contributed by atoms with Crippen LogP contribution in [0.3, 0.4) is 0 Å². The summed E-state index contributed by atoms with van der Waals surface area (Å²) in [6, 6.07) is 7.74. The first kappa shape index (κ1) is 14.1. The molecule has 5 heteroatoms. The van der Waals surface area contributed by atoms with Crippen LogP contribution in [0.2, 0.25) is 0 Å². The molecule has 0 radical (unpaired) electrons. The number of benzene rings is 1. The number of hydrogen-bond acceptors (Lipinski definition) is 3. The maximum Gasteiger partial charge on any atom is 0.317 e. The SMILES string of the molecule is C#CCN(CC(=O)O)CC(=O)N1CCc2ccccc21. The van der Waals surface area contributed by atoms with Gasteiger partial charge in [0.25, 0.3) is 0 Å². The summed E-state index contributed by atoms with van der Waals surface area (Å²) in [4.78, 5) is 26.2. The quantitative estimate of drug-likeness (QED) is 0.797. The molecule has 1 amide bonds. The molecule has 0 bridgehead atoms. The molecule has 1 heterocycles. The lowest BCUT2D eigenvalue weighted by atomic mass is 10.2. The number of carboxylic acid groups (broad SMARTS) is 1. The monoisotopic (exact) mass is 272 g/mol. The lowest BCUT2D eigenvalue weighted by molar-refractivity contribution is -0.138. The second-order valence-corrected chi connectivity index (χ2v) is 4.67. The van der Waals surface area contributed by atoms with Gasteiger partial charge in [0.1, 0.15) is 0 Å². The molecule has 1 N–H and O–H groups in total. The van der Waals surface area contributed by atoms with Gasteiger partial charge in [-0.1, -0.05) is 24.1 Å². The average Bonchev–Trinajstić information content (AvgIpc) is 2.82. The highest BCUT2D eigenvalue weighted by Gasteiger charge is 2.25. The van der Waals surface area contributed by atoms with Gasteiger partial charge < -0.3 is 10.0 Å². The van der Waals surface area contributed by atoms with Crippen molar-refractivity contribution in [1.29, 1.82) is 0 Å². The van der Waals surface area contributed by atoms with Gasteiger partial charge >= 0.3 is 5.97 Å². The molecule has 0 aliphatic carbocycles. The van der Waals surface area contributed by atoms with Crippen LogP contribution in [0.15, 0.2) is 24.3 Å². The molecule has 0 saturated heterocycles. The third-order valence-corrected chi connectivity index (χ3v) is 3.22. The number of anilines is 1. The number of terminal acetylenes is 1. The fraction of sp³-hybridized carbons (Fsp3) is 0.333. The Labute approximate surface area is 117 Å². The van der Waals surface area contributed by atoms with Crippen molar-refractivity contribution in [3.8, 4) is 12.3 Å². The lowest BCUT2D eigenvalue weighted by Gasteiger charge is -2.22. The Bertz CT molecular complexity index is 562. The molecule has 1 aliphatic rings. The van der Waals surface area contributed by atoms with E-state index in [1.165, 1.54) is 4.90 Å². The van der Waals surface area contributed by atoms with Crippen molar-refractivity contribution in [2.45, 2.75) is 6.42 Å². The van der Waals surface area contributed by atoms with Crippen LogP contribution >= 0.6 is 0 Å². The largest absolute Gasteiger partial charge is 0.480 e. The van der Waals surface area contributed by atoms with E-state index < -0.39 is 5.97 Å². The molecule has 0 atom stereocenters. The number of aliphatic carboxylic acids is 1. The average molecular weight is 272 g/mol. The zero-order valence-electron chi connectivity index (χ0n) is 11.1. The molecule has 1 aromatic carbocycles. The van der Waals surface area contributed by atoms with Crippen LogP contribution in [0.1, 0.15) is 5.56 Å². The molecule has 0 saturated carbocycles. The smallest absolute Gasteiger partial charge is 0.317 e. The van der Waals surface area contributed by atoms with Crippen molar-refractivity contribution in [3.63, 3.8) is 0 Å². The molecule has 0 fully saturated rings. The van der Waals surface area contributed by atoms with Crippen LogP contribution in [0.25, 0.3) is 0 Å². The minimum absolute atomic E-state index is 0.0187. The Morgan fingerprint density at radius 3 is 2.80 bits per heavy atom.